The summed E-state index contributed by atoms with van der Waals surface area (Å²) in [7, 11) is 0. The van der Waals surface area contributed by atoms with Gasteiger partial charge in [0.2, 0.25) is 0 Å². The van der Waals surface area contributed by atoms with Crippen LogP contribution in [0.1, 0.15) is 27.6 Å². The Bertz CT molecular complexity index is 670. The first-order chi connectivity index (χ1) is 11.2. The van der Waals surface area contributed by atoms with Gasteiger partial charge in [0, 0.05) is 23.1 Å². The molecule has 1 aliphatic heterocycles. The SMILES string of the molecule is NCc1ccc(C(=O)N2CCOC(c3ccc(Br)cc3)C2)cc1. The maximum atomic E-state index is 12.7. The Morgan fingerprint density at radius 3 is 2.52 bits per heavy atom. The first-order valence-electron chi connectivity index (χ1n) is 7.63. The number of hydrogen-bond acceptors (Lipinski definition) is 3. The second-order valence-electron chi connectivity index (χ2n) is 5.56. The number of halogens is 1. The van der Waals surface area contributed by atoms with Crippen LogP contribution in [0.5, 0.6) is 0 Å². The fraction of sp³-hybridized carbons (Fsp3) is 0.278. The number of benzene rings is 2. The van der Waals surface area contributed by atoms with Crippen molar-refractivity contribution in [3.8, 4) is 0 Å². The third-order valence-corrected chi connectivity index (χ3v) is 4.56. The Balaban J connectivity index is 1.72. The molecule has 1 atom stereocenters. The molecule has 0 radical (unpaired) electrons. The lowest BCUT2D eigenvalue weighted by Crippen LogP contribution is -2.42. The van der Waals surface area contributed by atoms with Crippen LogP contribution in [0.4, 0.5) is 0 Å². The summed E-state index contributed by atoms with van der Waals surface area (Å²) in [6.07, 6.45) is -0.0795. The Morgan fingerprint density at radius 1 is 1.17 bits per heavy atom. The molecule has 1 saturated heterocycles. The third-order valence-electron chi connectivity index (χ3n) is 4.03. The summed E-state index contributed by atoms with van der Waals surface area (Å²) in [6, 6.07) is 15.5. The van der Waals surface area contributed by atoms with E-state index in [1.54, 1.807) is 0 Å². The van der Waals surface area contributed by atoms with Crippen LogP contribution < -0.4 is 5.73 Å². The Hall–Kier alpha value is -1.69. The number of morpholine rings is 1. The summed E-state index contributed by atoms with van der Waals surface area (Å²) < 4.78 is 6.86. The van der Waals surface area contributed by atoms with E-state index in [1.807, 2.05) is 53.4 Å². The fourth-order valence-electron chi connectivity index (χ4n) is 2.68. The molecule has 1 unspecified atom stereocenters. The van der Waals surface area contributed by atoms with Gasteiger partial charge in [-0.25, -0.2) is 0 Å². The van der Waals surface area contributed by atoms with Gasteiger partial charge in [0.25, 0.3) is 5.91 Å². The summed E-state index contributed by atoms with van der Waals surface area (Å²) in [5.41, 5.74) is 8.40. The lowest BCUT2D eigenvalue weighted by atomic mass is 10.1. The molecule has 1 heterocycles. The number of carbonyl (C=O) groups is 1. The third kappa shape index (κ3) is 3.80. The predicted molar refractivity (Wildman–Crippen MR) is 93.1 cm³/mol. The van der Waals surface area contributed by atoms with Gasteiger partial charge in [-0.3, -0.25) is 4.79 Å². The second-order valence-corrected chi connectivity index (χ2v) is 6.48. The number of nitrogens with two attached hydrogens (primary N) is 1. The highest BCUT2D eigenvalue weighted by atomic mass is 79.9. The summed E-state index contributed by atoms with van der Waals surface area (Å²) >= 11 is 3.43. The van der Waals surface area contributed by atoms with E-state index in [0.717, 1.165) is 15.6 Å². The minimum Gasteiger partial charge on any atom is -0.370 e. The minimum absolute atomic E-state index is 0.0407. The minimum atomic E-state index is -0.0795. The first kappa shape index (κ1) is 16.2. The van der Waals surface area contributed by atoms with Crippen molar-refractivity contribution >= 4 is 21.8 Å². The van der Waals surface area contributed by atoms with Gasteiger partial charge in [-0.2, -0.15) is 0 Å². The summed E-state index contributed by atoms with van der Waals surface area (Å²) in [5.74, 6) is 0.0407. The predicted octanol–water partition coefficient (Wildman–Crippen LogP) is 3.12. The van der Waals surface area contributed by atoms with Crippen LogP contribution >= 0.6 is 15.9 Å². The highest BCUT2D eigenvalue weighted by molar-refractivity contribution is 9.10. The van der Waals surface area contributed by atoms with Crippen molar-refractivity contribution in [1.29, 1.82) is 0 Å². The van der Waals surface area contributed by atoms with E-state index in [-0.39, 0.29) is 12.0 Å². The molecule has 2 N–H and O–H groups in total. The van der Waals surface area contributed by atoms with Crippen molar-refractivity contribution < 1.29 is 9.53 Å². The quantitative estimate of drug-likeness (QED) is 0.897. The van der Waals surface area contributed by atoms with E-state index >= 15 is 0 Å². The molecular formula is C18H19BrN2O2. The average Bonchev–Trinajstić information content (AvgIpc) is 2.62. The summed E-state index contributed by atoms with van der Waals surface area (Å²) in [4.78, 5) is 14.5. The highest BCUT2D eigenvalue weighted by Crippen LogP contribution is 2.24. The molecule has 5 heteroatoms. The average molecular weight is 375 g/mol. The van der Waals surface area contributed by atoms with Gasteiger partial charge in [-0.1, -0.05) is 40.2 Å². The zero-order valence-electron chi connectivity index (χ0n) is 12.7. The van der Waals surface area contributed by atoms with Crippen LogP contribution in [0.2, 0.25) is 0 Å². The molecule has 23 heavy (non-hydrogen) atoms. The number of hydrogen-bond donors (Lipinski definition) is 1. The Kier molecular flexibility index (Phi) is 5.10. The molecule has 1 aliphatic rings. The van der Waals surface area contributed by atoms with Gasteiger partial charge >= 0.3 is 0 Å². The van der Waals surface area contributed by atoms with Crippen molar-refractivity contribution in [1.82, 2.24) is 4.90 Å². The molecular weight excluding hydrogens is 356 g/mol. The summed E-state index contributed by atoms with van der Waals surface area (Å²) in [6.45, 7) is 2.22. The van der Waals surface area contributed by atoms with Gasteiger partial charge in [0.1, 0.15) is 6.10 Å². The van der Waals surface area contributed by atoms with E-state index in [9.17, 15) is 4.79 Å². The monoisotopic (exact) mass is 374 g/mol. The fourth-order valence-corrected chi connectivity index (χ4v) is 2.94. The number of ether oxygens (including phenoxy) is 1. The van der Waals surface area contributed by atoms with Crippen molar-refractivity contribution in [2.24, 2.45) is 5.73 Å². The molecule has 0 aliphatic carbocycles. The molecule has 1 amide bonds. The van der Waals surface area contributed by atoms with Gasteiger partial charge in [-0.05, 0) is 35.4 Å². The lowest BCUT2D eigenvalue weighted by Gasteiger charge is -2.33. The topological polar surface area (TPSA) is 55.6 Å². The van der Waals surface area contributed by atoms with Crippen LogP contribution in [0, 0.1) is 0 Å². The maximum Gasteiger partial charge on any atom is 0.254 e. The number of rotatable bonds is 3. The number of nitrogens with zero attached hydrogens (tertiary/aromatic N) is 1. The largest absolute Gasteiger partial charge is 0.370 e. The Labute approximate surface area is 144 Å². The second kappa shape index (κ2) is 7.25. The molecule has 2 aromatic rings. The van der Waals surface area contributed by atoms with Crippen molar-refractivity contribution in [3.63, 3.8) is 0 Å². The van der Waals surface area contributed by atoms with E-state index in [2.05, 4.69) is 15.9 Å². The van der Waals surface area contributed by atoms with Crippen LogP contribution in [0.3, 0.4) is 0 Å². The van der Waals surface area contributed by atoms with Crippen molar-refractivity contribution in [2.45, 2.75) is 12.6 Å². The smallest absolute Gasteiger partial charge is 0.254 e. The standard InChI is InChI=1S/C18H19BrN2O2/c19-16-7-5-14(6-8-16)17-12-21(9-10-23-17)18(22)15-3-1-13(11-20)2-4-15/h1-8,17H,9-12,20H2. The molecule has 0 spiro atoms. The van der Waals surface area contributed by atoms with Crippen molar-refractivity contribution in [2.75, 3.05) is 19.7 Å². The van der Waals surface area contributed by atoms with Crippen LogP contribution in [-0.4, -0.2) is 30.5 Å². The van der Waals surface area contributed by atoms with Crippen LogP contribution in [0.25, 0.3) is 0 Å². The number of carbonyl (C=O) groups excluding carboxylic acids is 1. The molecule has 3 rings (SSSR count). The molecule has 2 aromatic carbocycles. The van der Waals surface area contributed by atoms with Gasteiger partial charge < -0.3 is 15.4 Å². The van der Waals surface area contributed by atoms with Gasteiger partial charge in [0.15, 0.2) is 0 Å². The molecule has 0 bridgehead atoms. The highest BCUT2D eigenvalue weighted by Gasteiger charge is 2.26. The van der Waals surface area contributed by atoms with Crippen LogP contribution in [0.15, 0.2) is 53.0 Å². The van der Waals surface area contributed by atoms with Gasteiger partial charge in [-0.15, -0.1) is 0 Å². The van der Waals surface area contributed by atoms with E-state index < -0.39 is 0 Å². The van der Waals surface area contributed by atoms with E-state index in [4.69, 9.17) is 10.5 Å². The normalized spacial score (nSPS) is 18.0. The zero-order valence-corrected chi connectivity index (χ0v) is 14.3. The van der Waals surface area contributed by atoms with E-state index in [1.165, 1.54) is 0 Å². The molecule has 0 aromatic heterocycles. The summed E-state index contributed by atoms with van der Waals surface area (Å²) in [5, 5.41) is 0. The molecule has 0 saturated carbocycles. The van der Waals surface area contributed by atoms with E-state index in [0.29, 0.717) is 31.8 Å². The van der Waals surface area contributed by atoms with Crippen molar-refractivity contribution in [3.05, 3.63) is 69.7 Å². The molecule has 120 valence electrons. The number of amides is 1. The Morgan fingerprint density at radius 2 is 1.87 bits per heavy atom. The first-order valence-corrected chi connectivity index (χ1v) is 8.42. The lowest BCUT2D eigenvalue weighted by molar-refractivity contribution is -0.0228. The maximum absolute atomic E-state index is 12.7. The zero-order chi connectivity index (χ0) is 16.2. The molecule has 1 fully saturated rings. The van der Waals surface area contributed by atoms with Crippen LogP contribution in [-0.2, 0) is 11.3 Å². The molecule has 4 nitrogen and oxygen atoms in total. The van der Waals surface area contributed by atoms with Gasteiger partial charge in [0.05, 0.1) is 13.2 Å².